The second-order valence-electron chi connectivity index (χ2n) is 5.25. The van der Waals surface area contributed by atoms with Gasteiger partial charge in [0.15, 0.2) is 23.9 Å². The maximum Gasteiger partial charge on any atom is 0.257 e. The molecule has 1 N–H and O–H groups in total. The van der Waals surface area contributed by atoms with E-state index < -0.39 is 0 Å². The van der Waals surface area contributed by atoms with Gasteiger partial charge in [0.25, 0.3) is 5.91 Å². The zero-order valence-electron chi connectivity index (χ0n) is 14.5. The largest absolute Gasteiger partial charge is 0.493 e. The van der Waals surface area contributed by atoms with Crippen LogP contribution in [0.15, 0.2) is 36.7 Å². The fourth-order valence-electron chi connectivity index (χ4n) is 2.12. The van der Waals surface area contributed by atoms with E-state index in [1.54, 1.807) is 42.2 Å². The van der Waals surface area contributed by atoms with E-state index in [9.17, 15) is 9.59 Å². The highest BCUT2D eigenvalue weighted by atomic mass is 16.5. The Balaban J connectivity index is 2.06. The van der Waals surface area contributed by atoms with Crippen molar-refractivity contribution >= 4 is 17.8 Å². The van der Waals surface area contributed by atoms with Crippen molar-refractivity contribution in [3.63, 3.8) is 0 Å². The molecule has 0 atom stereocenters. The molecule has 7 nitrogen and oxygen atoms in total. The number of hydrogen-bond acceptors (Lipinski definition) is 5. The van der Waals surface area contributed by atoms with Crippen molar-refractivity contribution in [2.45, 2.75) is 6.92 Å². The SMILES string of the molecule is CCNC(=O)COc1ccc(/C=C/C(=O)c2cnn(C)c2)cc1OC. The zero-order valence-corrected chi connectivity index (χ0v) is 14.5. The molecule has 1 heterocycles. The number of benzene rings is 1. The average molecular weight is 343 g/mol. The Bertz CT molecular complexity index is 780. The number of carbonyl (C=O) groups is 2. The molecule has 0 unspecified atom stereocenters. The lowest BCUT2D eigenvalue weighted by molar-refractivity contribution is -0.123. The van der Waals surface area contributed by atoms with Crippen molar-refractivity contribution in [2.75, 3.05) is 20.3 Å². The Hall–Kier alpha value is -3.09. The van der Waals surface area contributed by atoms with Gasteiger partial charge in [-0.3, -0.25) is 14.3 Å². The van der Waals surface area contributed by atoms with Crippen molar-refractivity contribution < 1.29 is 19.1 Å². The highest BCUT2D eigenvalue weighted by Gasteiger charge is 2.08. The van der Waals surface area contributed by atoms with Crippen LogP contribution in [-0.2, 0) is 11.8 Å². The molecule has 0 saturated heterocycles. The Morgan fingerprint density at radius 1 is 1.32 bits per heavy atom. The maximum atomic E-state index is 12.1. The molecular formula is C18H21N3O4. The number of aromatic nitrogens is 2. The number of aryl methyl sites for hydroxylation is 1. The van der Waals surface area contributed by atoms with Gasteiger partial charge >= 0.3 is 0 Å². The van der Waals surface area contributed by atoms with Crippen LogP contribution in [-0.4, -0.2) is 41.7 Å². The van der Waals surface area contributed by atoms with Gasteiger partial charge < -0.3 is 14.8 Å². The molecule has 2 aromatic rings. The summed E-state index contributed by atoms with van der Waals surface area (Å²) in [4.78, 5) is 23.5. The fraction of sp³-hybridized carbons (Fsp3) is 0.278. The number of nitrogens with one attached hydrogen (secondary N) is 1. The number of ether oxygens (including phenoxy) is 2. The van der Waals surface area contributed by atoms with E-state index in [2.05, 4.69) is 10.4 Å². The third kappa shape index (κ3) is 5.20. The number of hydrogen-bond donors (Lipinski definition) is 1. The molecular weight excluding hydrogens is 322 g/mol. The zero-order chi connectivity index (χ0) is 18.2. The van der Waals surface area contributed by atoms with Gasteiger partial charge in [0.2, 0.25) is 0 Å². The van der Waals surface area contributed by atoms with Gasteiger partial charge in [0.05, 0.1) is 18.9 Å². The van der Waals surface area contributed by atoms with E-state index in [0.717, 1.165) is 5.56 Å². The van der Waals surface area contributed by atoms with Gasteiger partial charge in [0, 0.05) is 19.8 Å². The number of ketones is 1. The fourth-order valence-corrected chi connectivity index (χ4v) is 2.12. The van der Waals surface area contributed by atoms with Crippen LogP contribution < -0.4 is 14.8 Å². The van der Waals surface area contributed by atoms with Crippen molar-refractivity contribution in [2.24, 2.45) is 7.05 Å². The van der Waals surface area contributed by atoms with Gasteiger partial charge in [-0.15, -0.1) is 0 Å². The molecule has 0 fully saturated rings. The summed E-state index contributed by atoms with van der Waals surface area (Å²) >= 11 is 0. The van der Waals surface area contributed by atoms with Crippen LogP contribution in [0.25, 0.3) is 6.08 Å². The van der Waals surface area contributed by atoms with Gasteiger partial charge in [-0.2, -0.15) is 5.10 Å². The van der Waals surface area contributed by atoms with Crippen LogP contribution in [0.3, 0.4) is 0 Å². The number of nitrogens with zero attached hydrogens (tertiary/aromatic N) is 2. The Kier molecular flexibility index (Phi) is 6.33. The summed E-state index contributed by atoms with van der Waals surface area (Å²) in [6.45, 7) is 2.30. The molecule has 0 spiro atoms. The van der Waals surface area contributed by atoms with Crippen LogP contribution in [0.4, 0.5) is 0 Å². The Morgan fingerprint density at radius 2 is 2.12 bits per heavy atom. The first-order valence-electron chi connectivity index (χ1n) is 7.82. The van der Waals surface area contributed by atoms with Gasteiger partial charge in [0.1, 0.15) is 0 Å². The lowest BCUT2D eigenvalue weighted by atomic mass is 10.1. The van der Waals surface area contributed by atoms with Crippen LogP contribution in [0.2, 0.25) is 0 Å². The number of likely N-dealkylation sites (N-methyl/N-ethyl adjacent to an activating group) is 1. The molecule has 25 heavy (non-hydrogen) atoms. The minimum atomic E-state index is -0.199. The number of allylic oxidation sites excluding steroid dienone is 1. The van der Waals surface area contributed by atoms with Gasteiger partial charge in [-0.05, 0) is 30.7 Å². The molecule has 1 aromatic carbocycles. The summed E-state index contributed by atoms with van der Waals surface area (Å²) in [5.41, 5.74) is 1.30. The highest BCUT2D eigenvalue weighted by Crippen LogP contribution is 2.28. The molecule has 2 rings (SSSR count). The molecule has 0 saturated carbocycles. The molecule has 0 aliphatic carbocycles. The maximum absolute atomic E-state index is 12.1. The summed E-state index contributed by atoms with van der Waals surface area (Å²) in [5, 5.41) is 6.63. The minimum absolute atomic E-state index is 0.0844. The van der Waals surface area contributed by atoms with Crippen LogP contribution >= 0.6 is 0 Å². The van der Waals surface area contributed by atoms with Crippen LogP contribution in [0, 0.1) is 0 Å². The predicted octanol–water partition coefficient (Wildman–Crippen LogP) is 1.84. The van der Waals surface area contributed by atoms with E-state index in [-0.39, 0.29) is 18.3 Å². The third-order valence-electron chi connectivity index (χ3n) is 3.34. The number of carbonyl (C=O) groups excluding carboxylic acids is 2. The third-order valence-corrected chi connectivity index (χ3v) is 3.34. The van der Waals surface area contributed by atoms with Gasteiger partial charge in [-0.25, -0.2) is 0 Å². The van der Waals surface area contributed by atoms with E-state index in [1.807, 2.05) is 6.92 Å². The minimum Gasteiger partial charge on any atom is -0.493 e. The van der Waals surface area contributed by atoms with Crippen molar-refractivity contribution in [3.8, 4) is 11.5 Å². The van der Waals surface area contributed by atoms with Crippen molar-refractivity contribution in [1.29, 1.82) is 0 Å². The molecule has 132 valence electrons. The summed E-state index contributed by atoms with van der Waals surface area (Å²) in [6.07, 6.45) is 6.34. The molecule has 1 aromatic heterocycles. The first-order valence-corrected chi connectivity index (χ1v) is 7.82. The molecule has 0 aliphatic rings. The Morgan fingerprint density at radius 3 is 2.76 bits per heavy atom. The number of amides is 1. The summed E-state index contributed by atoms with van der Waals surface area (Å²) in [6, 6.07) is 5.22. The highest BCUT2D eigenvalue weighted by molar-refractivity contribution is 6.06. The molecule has 0 aliphatic heterocycles. The first-order chi connectivity index (χ1) is 12.0. The van der Waals surface area contributed by atoms with Gasteiger partial charge in [-0.1, -0.05) is 12.1 Å². The summed E-state index contributed by atoms with van der Waals surface area (Å²) < 4.78 is 12.3. The monoisotopic (exact) mass is 343 g/mol. The molecule has 1 amide bonds. The van der Waals surface area contributed by atoms with E-state index in [1.165, 1.54) is 19.4 Å². The standard InChI is InChI=1S/C18H21N3O4/c1-4-19-18(23)12-25-16-8-6-13(9-17(16)24-3)5-7-15(22)14-10-20-21(2)11-14/h5-11H,4,12H2,1-3H3,(H,19,23)/b7-5+. The normalized spacial score (nSPS) is 10.7. The molecule has 0 radical (unpaired) electrons. The smallest absolute Gasteiger partial charge is 0.257 e. The molecule has 7 heteroatoms. The predicted molar refractivity (Wildman–Crippen MR) is 93.7 cm³/mol. The van der Waals surface area contributed by atoms with Crippen LogP contribution in [0.1, 0.15) is 22.8 Å². The van der Waals surface area contributed by atoms with Crippen LogP contribution in [0.5, 0.6) is 11.5 Å². The first kappa shape index (κ1) is 18.3. The van der Waals surface area contributed by atoms with Crippen molar-refractivity contribution in [1.82, 2.24) is 15.1 Å². The van der Waals surface area contributed by atoms with E-state index in [0.29, 0.717) is 23.6 Å². The second-order valence-corrected chi connectivity index (χ2v) is 5.25. The van der Waals surface area contributed by atoms with Crippen molar-refractivity contribution in [3.05, 3.63) is 47.8 Å². The second kappa shape index (κ2) is 8.68. The van der Waals surface area contributed by atoms with E-state index in [4.69, 9.17) is 9.47 Å². The molecule has 0 bridgehead atoms. The summed E-state index contributed by atoms with van der Waals surface area (Å²) in [5.74, 6) is 0.615. The lowest BCUT2D eigenvalue weighted by Crippen LogP contribution is -2.28. The van der Waals surface area contributed by atoms with E-state index >= 15 is 0 Å². The number of rotatable bonds is 8. The quantitative estimate of drug-likeness (QED) is 0.584. The average Bonchev–Trinajstić information content (AvgIpc) is 3.05. The Labute approximate surface area is 146 Å². The topological polar surface area (TPSA) is 82.5 Å². The number of methoxy groups -OCH3 is 1. The summed E-state index contributed by atoms with van der Waals surface area (Å²) in [7, 11) is 3.27. The lowest BCUT2D eigenvalue weighted by Gasteiger charge is -2.11.